The Hall–Kier alpha value is -3.15. The van der Waals surface area contributed by atoms with Crippen LogP contribution in [0.25, 0.3) is 22.5 Å². The van der Waals surface area contributed by atoms with Crippen molar-refractivity contribution in [2.24, 2.45) is 0 Å². The number of nitrogens with one attached hydrogen (secondary N) is 1. The van der Waals surface area contributed by atoms with Gasteiger partial charge in [0.25, 0.3) is 0 Å². The molecule has 1 amide bonds. The first kappa shape index (κ1) is 15.7. The predicted molar refractivity (Wildman–Crippen MR) is 89.5 cm³/mol. The number of amides is 1. The van der Waals surface area contributed by atoms with Crippen LogP contribution in [-0.2, 0) is 0 Å². The molecule has 0 radical (unpaired) electrons. The lowest BCUT2D eigenvalue weighted by atomic mass is 10.1. The summed E-state index contributed by atoms with van der Waals surface area (Å²) in [6, 6.07) is 11.0. The van der Waals surface area contributed by atoms with Crippen molar-refractivity contribution >= 4 is 6.09 Å². The summed E-state index contributed by atoms with van der Waals surface area (Å²) in [7, 11) is 0. The largest absolute Gasteiger partial charge is 0.412 e. The first-order chi connectivity index (χ1) is 11.8. The van der Waals surface area contributed by atoms with Crippen molar-refractivity contribution in [3.05, 3.63) is 55.0 Å². The Morgan fingerprint density at radius 2 is 2.04 bits per heavy atom. The van der Waals surface area contributed by atoms with Gasteiger partial charge in [-0.15, -0.1) is 0 Å². The number of carbonyl (C=O) groups excluding carboxylic acids is 1. The molecule has 0 atom stereocenters. The molecule has 2 heterocycles. The summed E-state index contributed by atoms with van der Waals surface area (Å²) in [5.74, 6) is 1.13. The van der Waals surface area contributed by atoms with Crippen molar-refractivity contribution in [2.75, 3.05) is 6.54 Å². The Morgan fingerprint density at radius 3 is 2.83 bits per heavy atom. The third-order valence-electron chi connectivity index (χ3n) is 3.36. The molecular weight excluding hydrogens is 306 g/mol. The van der Waals surface area contributed by atoms with Gasteiger partial charge in [0, 0.05) is 36.1 Å². The SMILES string of the molecule is CCCNC(=O)Oc1cccc(-c2cncc(-c3ccno3)c2)c1. The molecular formula is C18H17N3O3. The van der Waals surface area contributed by atoms with E-state index in [-0.39, 0.29) is 0 Å². The number of nitrogens with zero attached hydrogens (tertiary/aromatic N) is 2. The number of pyridine rings is 1. The molecule has 3 rings (SSSR count). The van der Waals surface area contributed by atoms with Crippen molar-refractivity contribution in [1.82, 2.24) is 15.5 Å². The van der Waals surface area contributed by atoms with E-state index < -0.39 is 6.09 Å². The number of hydrogen-bond donors (Lipinski definition) is 1. The quantitative estimate of drug-likeness (QED) is 0.770. The van der Waals surface area contributed by atoms with Crippen molar-refractivity contribution in [2.45, 2.75) is 13.3 Å². The van der Waals surface area contributed by atoms with Crippen LogP contribution in [0.3, 0.4) is 0 Å². The van der Waals surface area contributed by atoms with Gasteiger partial charge in [-0.05, 0) is 30.2 Å². The van der Waals surface area contributed by atoms with E-state index >= 15 is 0 Å². The van der Waals surface area contributed by atoms with Gasteiger partial charge in [0.2, 0.25) is 0 Å². The van der Waals surface area contributed by atoms with E-state index in [0.717, 1.165) is 23.1 Å². The van der Waals surface area contributed by atoms with Gasteiger partial charge >= 0.3 is 6.09 Å². The molecule has 0 unspecified atom stereocenters. The molecule has 0 fully saturated rings. The van der Waals surface area contributed by atoms with Gasteiger partial charge in [0.05, 0.1) is 6.20 Å². The fourth-order valence-electron chi connectivity index (χ4n) is 2.21. The topological polar surface area (TPSA) is 77.2 Å². The summed E-state index contributed by atoms with van der Waals surface area (Å²) >= 11 is 0. The molecule has 1 N–H and O–H groups in total. The van der Waals surface area contributed by atoms with Gasteiger partial charge in [0.1, 0.15) is 5.75 Å². The summed E-state index contributed by atoms with van der Waals surface area (Å²) in [6.07, 6.45) is 5.45. The Bertz CT molecular complexity index is 816. The Kier molecular flexibility index (Phi) is 4.86. The van der Waals surface area contributed by atoms with Crippen LogP contribution >= 0.6 is 0 Å². The zero-order valence-electron chi connectivity index (χ0n) is 13.2. The van der Waals surface area contributed by atoms with Crippen molar-refractivity contribution < 1.29 is 14.1 Å². The highest BCUT2D eigenvalue weighted by molar-refractivity contribution is 5.73. The van der Waals surface area contributed by atoms with E-state index in [0.29, 0.717) is 18.1 Å². The zero-order chi connectivity index (χ0) is 16.8. The third kappa shape index (κ3) is 3.78. The van der Waals surface area contributed by atoms with E-state index in [2.05, 4.69) is 15.5 Å². The zero-order valence-corrected chi connectivity index (χ0v) is 13.2. The van der Waals surface area contributed by atoms with Gasteiger partial charge < -0.3 is 14.6 Å². The molecule has 0 spiro atoms. The third-order valence-corrected chi connectivity index (χ3v) is 3.36. The molecule has 0 aliphatic carbocycles. The lowest BCUT2D eigenvalue weighted by Crippen LogP contribution is -2.27. The Morgan fingerprint density at radius 1 is 1.17 bits per heavy atom. The van der Waals surface area contributed by atoms with E-state index in [1.807, 2.05) is 25.1 Å². The smallest absolute Gasteiger partial charge is 0.410 e. The first-order valence-corrected chi connectivity index (χ1v) is 7.68. The molecule has 3 aromatic rings. The highest BCUT2D eigenvalue weighted by atomic mass is 16.6. The van der Waals surface area contributed by atoms with Gasteiger partial charge in [-0.25, -0.2) is 4.79 Å². The molecule has 2 aromatic heterocycles. The minimum absolute atomic E-state index is 0.456. The summed E-state index contributed by atoms with van der Waals surface area (Å²) in [6.45, 7) is 2.57. The van der Waals surface area contributed by atoms with Crippen LogP contribution in [0.4, 0.5) is 4.79 Å². The standard InChI is InChI=1S/C18H17N3O3/c1-2-7-20-18(22)23-16-5-3-4-13(10-16)14-9-15(12-19-11-14)17-6-8-21-24-17/h3-6,8-12H,2,7H2,1H3,(H,20,22). The summed E-state index contributed by atoms with van der Waals surface area (Å²) in [4.78, 5) is 15.9. The highest BCUT2D eigenvalue weighted by Crippen LogP contribution is 2.27. The van der Waals surface area contributed by atoms with Crippen molar-refractivity contribution in [1.29, 1.82) is 0 Å². The highest BCUT2D eigenvalue weighted by Gasteiger charge is 2.08. The second-order valence-corrected chi connectivity index (χ2v) is 5.18. The van der Waals surface area contributed by atoms with Gasteiger partial charge in [-0.3, -0.25) is 4.98 Å². The van der Waals surface area contributed by atoms with Crippen molar-refractivity contribution in [3.63, 3.8) is 0 Å². The van der Waals surface area contributed by atoms with E-state index in [1.54, 1.807) is 36.8 Å². The molecule has 0 bridgehead atoms. The monoisotopic (exact) mass is 323 g/mol. The number of aromatic nitrogens is 2. The van der Waals surface area contributed by atoms with Gasteiger partial charge in [-0.2, -0.15) is 0 Å². The number of hydrogen-bond acceptors (Lipinski definition) is 5. The summed E-state index contributed by atoms with van der Waals surface area (Å²) in [5, 5.41) is 6.38. The summed E-state index contributed by atoms with van der Waals surface area (Å²) < 4.78 is 10.4. The fourth-order valence-corrected chi connectivity index (χ4v) is 2.21. The van der Waals surface area contributed by atoms with Crippen LogP contribution in [0.5, 0.6) is 5.75 Å². The summed E-state index contributed by atoms with van der Waals surface area (Å²) in [5.41, 5.74) is 2.62. The number of benzene rings is 1. The Balaban J connectivity index is 1.81. The normalized spacial score (nSPS) is 10.4. The molecule has 24 heavy (non-hydrogen) atoms. The molecule has 0 aliphatic heterocycles. The second-order valence-electron chi connectivity index (χ2n) is 5.18. The molecule has 0 saturated carbocycles. The van der Waals surface area contributed by atoms with Gasteiger partial charge in [-0.1, -0.05) is 24.2 Å². The fraction of sp³-hybridized carbons (Fsp3) is 0.167. The second kappa shape index (κ2) is 7.41. The van der Waals surface area contributed by atoms with E-state index in [4.69, 9.17) is 9.26 Å². The molecule has 0 aliphatic rings. The Labute approximate surface area is 139 Å². The van der Waals surface area contributed by atoms with Gasteiger partial charge in [0.15, 0.2) is 5.76 Å². The average Bonchev–Trinajstić information content (AvgIpc) is 3.15. The maximum absolute atomic E-state index is 11.7. The molecule has 0 saturated heterocycles. The van der Waals surface area contributed by atoms with Crippen LogP contribution < -0.4 is 10.1 Å². The van der Waals surface area contributed by atoms with E-state index in [1.165, 1.54) is 0 Å². The number of carbonyl (C=O) groups is 1. The molecule has 6 heteroatoms. The number of ether oxygens (including phenoxy) is 1. The number of rotatable bonds is 5. The lowest BCUT2D eigenvalue weighted by molar-refractivity contribution is 0.200. The maximum Gasteiger partial charge on any atom is 0.412 e. The van der Waals surface area contributed by atoms with Crippen LogP contribution in [0.1, 0.15) is 13.3 Å². The minimum atomic E-state index is -0.456. The van der Waals surface area contributed by atoms with E-state index in [9.17, 15) is 4.79 Å². The van der Waals surface area contributed by atoms with Crippen LogP contribution in [0, 0.1) is 0 Å². The molecule has 122 valence electrons. The predicted octanol–water partition coefficient (Wildman–Crippen LogP) is 3.90. The maximum atomic E-state index is 11.7. The van der Waals surface area contributed by atoms with Crippen LogP contribution in [0.15, 0.2) is 59.5 Å². The minimum Gasteiger partial charge on any atom is -0.410 e. The molecule has 6 nitrogen and oxygen atoms in total. The first-order valence-electron chi connectivity index (χ1n) is 7.68. The van der Waals surface area contributed by atoms with Crippen molar-refractivity contribution in [3.8, 4) is 28.2 Å². The molecule has 1 aromatic carbocycles. The lowest BCUT2D eigenvalue weighted by Gasteiger charge is -2.08. The van der Waals surface area contributed by atoms with Crippen LogP contribution in [-0.4, -0.2) is 22.8 Å². The van der Waals surface area contributed by atoms with Crippen LogP contribution in [0.2, 0.25) is 0 Å². The average molecular weight is 323 g/mol.